The standard InChI is InChI=1S/C14H19ClN2O3S/c1-11(2)17(3)21(19,20)16-14-10-12(6-4-5-9-18)7-8-13(14)15/h7-8,10-11,16,18H,5,9H2,1-3H3. The number of hydrogen-bond acceptors (Lipinski definition) is 3. The van der Waals surface area contributed by atoms with Crippen LogP contribution >= 0.6 is 11.6 Å². The van der Waals surface area contributed by atoms with Gasteiger partial charge in [0.2, 0.25) is 0 Å². The molecule has 0 heterocycles. The maximum Gasteiger partial charge on any atom is 0.301 e. The molecule has 0 atom stereocenters. The molecule has 0 aliphatic rings. The van der Waals surface area contributed by atoms with Crippen LogP contribution in [0.3, 0.4) is 0 Å². The molecule has 1 aromatic carbocycles. The lowest BCUT2D eigenvalue weighted by Crippen LogP contribution is -2.37. The Hall–Kier alpha value is -1.26. The third-order valence-corrected chi connectivity index (χ3v) is 4.77. The van der Waals surface area contributed by atoms with E-state index in [-0.39, 0.29) is 18.3 Å². The predicted octanol–water partition coefficient (Wildman–Crippen LogP) is 2.07. The molecule has 0 bridgehead atoms. The van der Waals surface area contributed by atoms with Crippen molar-refractivity contribution in [2.24, 2.45) is 0 Å². The Morgan fingerprint density at radius 1 is 1.43 bits per heavy atom. The number of hydrogen-bond donors (Lipinski definition) is 2. The number of rotatable bonds is 5. The SMILES string of the molecule is CC(C)N(C)S(=O)(=O)Nc1cc(C#CCCO)ccc1Cl. The minimum atomic E-state index is -3.67. The largest absolute Gasteiger partial charge is 0.395 e. The lowest BCUT2D eigenvalue weighted by molar-refractivity contribution is 0.305. The van der Waals surface area contributed by atoms with Crippen LogP contribution < -0.4 is 4.72 Å². The molecule has 0 unspecified atom stereocenters. The van der Waals surface area contributed by atoms with E-state index in [2.05, 4.69) is 16.6 Å². The van der Waals surface area contributed by atoms with E-state index in [9.17, 15) is 8.42 Å². The summed E-state index contributed by atoms with van der Waals surface area (Å²) in [6.45, 7) is 3.54. The van der Waals surface area contributed by atoms with Gasteiger partial charge >= 0.3 is 10.2 Å². The summed E-state index contributed by atoms with van der Waals surface area (Å²) in [4.78, 5) is 0. The molecule has 0 aromatic heterocycles. The Morgan fingerprint density at radius 2 is 2.10 bits per heavy atom. The van der Waals surface area contributed by atoms with Crippen molar-refractivity contribution in [1.82, 2.24) is 4.31 Å². The van der Waals surface area contributed by atoms with Gasteiger partial charge in [0.05, 0.1) is 17.3 Å². The van der Waals surface area contributed by atoms with Gasteiger partial charge in [-0.15, -0.1) is 0 Å². The van der Waals surface area contributed by atoms with E-state index in [1.165, 1.54) is 11.4 Å². The van der Waals surface area contributed by atoms with Crippen molar-refractivity contribution in [1.29, 1.82) is 0 Å². The molecule has 5 nitrogen and oxygen atoms in total. The molecule has 21 heavy (non-hydrogen) atoms. The second kappa shape index (κ2) is 7.66. The summed E-state index contributed by atoms with van der Waals surface area (Å²) in [5, 5.41) is 8.98. The fourth-order valence-corrected chi connectivity index (χ4v) is 2.76. The van der Waals surface area contributed by atoms with Gasteiger partial charge in [-0.1, -0.05) is 23.4 Å². The number of aliphatic hydroxyl groups is 1. The second-order valence-electron chi connectivity index (χ2n) is 4.69. The van der Waals surface area contributed by atoms with Crippen molar-refractivity contribution in [3.05, 3.63) is 28.8 Å². The van der Waals surface area contributed by atoms with Crippen LogP contribution in [0, 0.1) is 11.8 Å². The fourth-order valence-electron chi connectivity index (χ4n) is 1.39. The molecule has 1 rings (SSSR count). The first-order valence-electron chi connectivity index (χ1n) is 6.43. The summed E-state index contributed by atoms with van der Waals surface area (Å²) in [7, 11) is -2.17. The smallest absolute Gasteiger partial charge is 0.301 e. The molecule has 1 aromatic rings. The van der Waals surface area contributed by atoms with Gasteiger partial charge in [0, 0.05) is 25.1 Å². The Morgan fingerprint density at radius 3 is 2.67 bits per heavy atom. The molecule has 0 spiro atoms. The van der Waals surface area contributed by atoms with Gasteiger partial charge in [-0.25, -0.2) is 0 Å². The van der Waals surface area contributed by atoms with Gasteiger partial charge in [-0.2, -0.15) is 12.7 Å². The first-order chi connectivity index (χ1) is 9.77. The van der Waals surface area contributed by atoms with Gasteiger partial charge in [0.25, 0.3) is 0 Å². The fraction of sp³-hybridized carbons (Fsp3) is 0.429. The maximum absolute atomic E-state index is 12.2. The Balaban J connectivity index is 3.04. The van der Waals surface area contributed by atoms with Crippen LogP contribution in [0.4, 0.5) is 5.69 Å². The van der Waals surface area contributed by atoms with Crippen molar-refractivity contribution in [3.8, 4) is 11.8 Å². The minimum Gasteiger partial charge on any atom is -0.395 e. The summed E-state index contributed by atoms with van der Waals surface area (Å²) in [6.07, 6.45) is 0.361. The molecule has 7 heteroatoms. The van der Waals surface area contributed by atoms with Crippen molar-refractivity contribution in [2.45, 2.75) is 26.3 Å². The van der Waals surface area contributed by atoms with E-state index in [4.69, 9.17) is 16.7 Å². The van der Waals surface area contributed by atoms with Gasteiger partial charge < -0.3 is 5.11 Å². The van der Waals surface area contributed by atoms with Crippen LogP contribution in [0.1, 0.15) is 25.8 Å². The molecule has 0 aliphatic heterocycles. The average molecular weight is 331 g/mol. The van der Waals surface area contributed by atoms with E-state index < -0.39 is 10.2 Å². The monoisotopic (exact) mass is 330 g/mol. The number of nitrogens with zero attached hydrogens (tertiary/aromatic N) is 1. The molecular weight excluding hydrogens is 312 g/mol. The summed E-state index contributed by atoms with van der Waals surface area (Å²) in [5.74, 6) is 5.61. The number of aliphatic hydroxyl groups excluding tert-OH is 1. The normalized spacial score (nSPS) is 11.4. The van der Waals surface area contributed by atoms with E-state index in [0.29, 0.717) is 17.0 Å². The van der Waals surface area contributed by atoms with Crippen LogP contribution in [0.5, 0.6) is 0 Å². The Bertz CT molecular complexity index is 648. The lowest BCUT2D eigenvalue weighted by Gasteiger charge is -2.22. The van der Waals surface area contributed by atoms with Gasteiger partial charge in [-0.05, 0) is 32.0 Å². The topological polar surface area (TPSA) is 69.6 Å². The summed E-state index contributed by atoms with van der Waals surface area (Å²) in [6, 6.07) is 4.67. The van der Waals surface area contributed by atoms with Gasteiger partial charge in [0.15, 0.2) is 0 Å². The van der Waals surface area contributed by atoms with Crippen LogP contribution in [0.15, 0.2) is 18.2 Å². The number of anilines is 1. The molecule has 0 aliphatic carbocycles. The molecule has 2 N–H and O–H groups in total. The highest BCUT2D eigenvalue weighted by Gasteiger charge is 2.21. The van der Waals surface area contributed by atoms with E-state index in [1.807, 2.05) is 0 Å². The molecule has 0 fully saturated rings. The van der Waals surface area contributed by atoms with Crippen molar-refractivity contribution >= 4 is 27.5 Å². The summed E-state index contributed by atoms with van der Waals surface area (Å²) >= 11 is 6.01. The summed E-state index contributed by atoms with van der Waals surface area (Å²) < 4.78 is 28.0. The second-order valence-corrected chi connectivity index (χ2v) is 6.82. The van der Waals surface area contributed by atoms with E-state index >= 15 is 0 Å². The van der Waals surface area contributed by atoms with Gasteiger partial charge in [-0.3, -0.25) is 4.72 Å². The Labute approximate surface area is 131 Å². The quantitative estimate of drug-likeness (QED) is 0.812. The van der Waals surface area contributed by atoms with E-state index in [1.54, 1.807) is 32.0 Å². The van der Waals surface area contributed by atoms with Crippen LogP contribution in [0.25, 0.3) is 0 Å². The molecule has 0 saturated heterocycles. The first kappa shape index (κ1) is 17.8. The molecule has 0 saturated carbocycles. The van der Waals surface area contributed by atoms with Crippen molar-refractivity contribution in [3.63, 3.8) is 0 Å². The van der Waals surface area contributed by atoms with E-state index in [0.717, 1.165) is 0 Å². The Kier molecular flexibility index (Phi) is 6.49. The van der Waals surface area contributed by atoms with Crippen LogP contribution in [-0.2, 0) is 10.2 Å². The third kappa shape index (κ3) is 5.21. The molecule has 116 valence electrons. The molecule has 0 amide bonds. The zero-order valence-corrected chi connectivity index (χ0v) is 13.8. The lowest BCUT2D eigenvalue weighted by atomic mass is 10.2. The van der Waals surface area contributed by atoms with Crippen molar-refractivity contribution < 1.29 is 13.5 Å². The highest BCUT2D eigenvalue weighted by atomic mass is 35.5. The zero-order chi connectivity index (χ0) is 16.0. The number of benzene rings is 1. The number of nitrogens with one attached hydrogen (secondary N) is 1. The first-order valence-corrected chi connectivity index (χ1v) is 8.24. The third-order valence-electron chi connectivity index (χ3n) is 2.78. The number of halogens is 1. The van der Waals surface area contributed by atoms with Gasteiger partial charge in [0.1, 0.15) is 0 Å². The molecule has 0 radical (unpaired) electrons. The predicted molar refractivity (Wildman–Crippen MR) is 85.5 cm³/mol. The van der Waals surface area contributed by atoms with Crippen LogP contribution in [-0.4, -0.2) is 37.5 Å². The summed E-state index contributed by atoms with van der Waals surface area (Å²) in [5.41, 5.74) is 0.901. The maximum atomic E-state index is 12.2. The average Bonchev–Trinajstić information content (AvgIpc) is 2.41. The highest BCUT2D eigenvalue weighted by Crippen LogP contribution is 2.24. The highest BCUT2D eigenvalue weighted by molar-refractivity contribution is 7.90. The van der Waals surface area contributed by atoms with Crippen molar-refractivity contribution in [2.75, 3.05) is 18.4 Å². The minimum absolute atomic E-state index is 0.0146. The molecular formula is C14H19ClN2O3S. The zero-order valence-electron chi connectivity index (χ0n) is 12.2. The van der Waals surface area contributed by atoms with Crippen LogP contribution in [0.2, 0.25) is 5.02 Å².